The zero-order valence-electron chi connectivity index (χ0n) is 33.3. The van der Waals surface area contributed by atoms with Gasteiger partial charge in [-0.15, -0.1) is 0 Å². The number of para-hydroxylation sites is 1. The molecule has 0 bridgehead atoms. The van der Waals surface area contributed by atoms with Crippen LogP contribution in [0.5, 0.6) is 0 Å². The zero-order valence-corrected chi connectivity index (χ0v) is 33.3. The van der Waals surface area contributed by atoms with Crippen LogP contribution >= 0.6 is 0 Å². The largest absolute Gasteiger partial charge is 0.456 e. The first kappa shape index (κ1) is 34.4. The van der Waals surface area contributed by atoms with Gasteiger partial charge in [-0.1, -0.05) is 159 Å². The van der Waals surface area contributed by atoms with E-state index in [2.05, 4.69) is 201 Å². The third kappa shape index (κ3) is 5.06. The predicted octanol–water partition coefficient (Wildman–Crippen LogP) is 14.6. The third-order valence-electron chi connectivity index (χ3n) is 12.4. The fourth-order valence-electron chi connectivity index (χ4n) is 9.43. The van der Waals surface area contributed by atoms with Gasteiger partial charge in [-0.3, -0.25) is 0 Å². The number of benzene rings is 6. The summed E-state index contributed by atoms with van der Waals surface area (Å²) < 4.78 is 6.53. The summed E-state index contributed by atoms with van der Waals surface area (Å²) in [6, 6.07) is 42.7. The van der Waals surface area contributed by atoms with Crippen LogP contribution in [0.15, 0.2) is 144 Å². The number of hydrogen-bond acceptors (Lipinski definition) is 2. The summed E-state index contributed by atoms with van der Waals surface area (Å²) in [6.07, 6.45) is 7.88. The maximum absolute atomic E-state index is 6.53. The Kier molecular flexibility index (Phi) is 7.54. The van der Waals surface area contributed by atoms with Gasteiger partial charge in [0.25, 0.3) is 0 Å². The summed E-state index contributed by atoms with van der Waals surface area (Å²) in [5.74, 6) is 0. The van der Waals surface area contributed by atoms with E-state index in [9.17, 15) is 0 Å². The lowest BCUT2D eigenvalue weighted by Crippen LogP contribution is -2.36. The fourth-order valence-corrected chi connectivity index (χ4v) is 9.43. The highest BCUT2D eigenvalue weighted by Crippen LogP contribution is 2.58. The quantitative estimate of drug-likeness (QED) is 0.181. The Hall–Kier alpha value is -5.34. The first-order chi connectivity index (χ1) is 25.7. The molecule has 1 aromatic heterocycles. The monoisotopic (exact) mass is 705 g/mol. The van der Waals surface area contributed by atoms with E-state index in [1.54, 1.807) is 0 Å². The molecular weight excluding hydrogens is 655 g/mol. The Morgan fingerprint density at radius 3 is 2.02 bits per heavy atom. The van der Waals surface area contributed by atoms with Crippen LogP contribution in [0.3, 0.4) is 0 Å². The molecule has 2 aliphatic rings. The minimum absolute atomic E-state index is 0.0377. The molecule has 0 radical (unpaired) electrons. The van der Waals surface area contributed by atoms with E-state index < -0.39 is 0 Å². The molecule has 0 spiro atoms. The van der Waals surface area contributed by atoms with Crippen LogP contribution in [-0.2, 0) is 21.7 Å². The van der Waals surface area contributed by atoms with Gasteiger partial charge in [-0.05, 0) is 98.8 Å². The van der Waals surface area contributed by atoms with Crippen molar-refractivity contribution in [3.63, 3.8) is 0 Å². The van der Waals surface area contributed by atoms with Crippen LogP contribution in [-0.4, -0.2) is 0 Å². The fraction of sp³-hybridized carbons (Fsp3) is 0.269. The molecule has 7 aromatic rings. The Balaban J connectivity index is 1.36. The molecule has 0 saturated carbocycles. The number of anilines is 2. The van der Waals surface area contributed by atoms with Crippen LogP contribution in [0.25, 0.3) is 43.8 Å². The Morgan fingerprint density at radius 1 is 0.593 bits per heavy atom. The molecule has 0 aliphatic heterocycles. The minimum atomic E-state index is -0.381. The van der Waals surface area contributed by atoms with Gasteiger partial charge in [0.1, 0.15) is 11.2 Å². The van der Waals surface area contributed by atoms with E-state index in [-0.39, 0.29) is 21.7 Å². The Labute approximate surface area is 320 Å². The number of fused-ring (bicyclic) bond motifs is 7. The molecule has 9 rings (SSSR count). The van der Waals surface area contributed by atoms with Gasteiger partial charge < -0.3 is 9.32 Å². The van der Waals surface area contributed by atoms with Crippen molar-refractivity contribution in [1.29, 1.82) is 0 Å². The van der Waals surface area contributed by atoms with Gasteiger partial charge in [0, 0.05) is 27.3 Å². The standard InChI is InChI=1S/C52H51NO/c1-49(2,3)34-31-39(50(4,5)6)48-40(32-34)51(7,8)37-23-17-24-38(47(37)48)52(9)30-15-14-29-45(52)53(41-25-16-20-33-19-10-11-21-35(33)41)42-26-18-28-44-46(42)36-22-12-13-27-43(36)54-44/h10-29,31-32H,30H2,1-9H3. The van der Waals surface area contributed by atoms with Crippen molar-refractivity contribution >= 4 is 44.1 Å². The van der Waals surface area contributed by atoms with Gasteiger partial charge >= 0.3 is 0 Å². The summed E-state index contributed by atoms with van der Waals surface area (Å²) >= 11 is 0. The summed E-state index contributed by atoms with van der Waals surface area (Å²) in [6.45, 7) is 21.6. The van der Waals surface area contributed by atoms with E-state index in [1.807, 2.05) is 0 Å². The lowest BCUT2D eigenvalue weighted by atomic mass is 9.69. The topological polar surface area (TPSA) is 16.4 Å². The first-order valence-electron chi connectivity index (χ1n) is 19.6. The highest BCUT2D eigenvalue weighted by molar-refractivity contribution is 6.14. The summed E-state index contributed by atoms with van der Waals surface area (Å²) in [5.41, 5.74) is 14.7. The van der Waals surface area contributed by atoms with Crippen molar-refractivity contribution in [2.24, 2.45) is 0 Å². The van der Waals surface area contributed by atoms with E-state index in [0.29, 0.717) is 0 Å². The van der Waals surface area contributed by atoms with Crippen LogP contribution in [0.1, 0.15) is 96.6 Å². The van der Waals surface area contributed by atoms with Crippen molar-refractivity contribution in [3.8, 4) is 11.1 Å². The Bertz CT molecular complexity index is 2700. The third-order valence-corrected chi connectivity index (χ3v) is 12.4. The van der Waals surface area contributed by atoms with Gasteiger partial charge in [0.2, 0.25) is 0 Å². The second kappa shape index (κ2) is 11.8. The normalized spacial score (nSPS) is 17.9. The smallest absolute Gasteiger partial charge is 0.137 e. The van der Waals surface area contributed by atoms with Crippen molar-refractivity contribution in [3.05, 3.63) is 167 Å². The van der Waals surface area contributed by atoms with E-state index >= 15 is 0 Å². The van der Waals surface area contributed by atoms with Gasteiger partial charge in [0.15, 0.2) is 0 Å². The molecule has 1 atom stereocenters. The van der Waals surface area contributed by atoms with Gasteiger partial charge in [-0.25, -0.2) is 0 Å². The van der Waals surface area contributed by atoms with Crippen LogP contribution in [0.2, 0.25) is 0 Å². The molecule has 270 valence electrons. The van der Waals surface area contributed by atoms with Crippen molar-refractivity contribution in [1.82, 2.24) is 0 Å². The zero-order chi connectivity index (χ0) is 37.8. The molecule has 1 heterocycles. The van der Waals surface area contributed by atoms with Crippen molar-refractivity contribution in [2.45, 2.75) is 90.4 Å². The molecule has 1 unspecified atom stereocenters. The molecule has 2 nitrogen and oxygen atoms in total. The molecule has 2 aliphatic carbocycles. The number of allylic oxidation sites excluding steroid dienone is 4. The molecular formula is C52H51NO. The molecule has 0 amide bonds. The molecule has 0 saturated heterocycles. The van der Waals surface area contributed by atoms with Gasteiger partial charge in [-0.2, -0.15) is 0 Å². The van der Waals surface area contributed by atoms with Gasteiger partial charge in [0.05, 0.1) is 16.8 Å². The van der Waals surface area contributed by atoms with Crippen LogP contribution < -0.4 is 4.90 Å². The molecule has 0 N–H and O–H groups in total. The van der Waals surface area contributed by atoms with E-state index in [4.69, 9.17) is 4.42 Å². The second-order valence-electron chi connectivity index (χ2n) is 18.4. The summed E-state index contributed by atoms with van der Waals surface area (Å²) in [7, 11) is 0. The minimum Gasteiger partial charge on any atom is -0.456 e. The summed E-state index contributed by atoms with van der Waals surface area (Å²) in [4.78, 5) is 2.56. The highest BCUT2D eigenvalue weighted by atomic mass is 16.3. The average molecular weight is 706 g/mol. The van der Waals surface area contributed by atoms with Crippen LogP contribution in [0, 0.1) is 0 Å². The molecule has 2 heteroatoms. The SMILES string of the molecule is CC(C)(C)c1cc(C(C)(C)C)c2c(c1)C(C)(C)c1cccc(C3(C)CC=CC=C3N(c3cccc4ccccc34)c3cccc4oc5ccccc5c34)c1-2. The summed E-state index contributed by atoms with van der Waals surface area (Å²) in [5, 5.41) is 4.70. The van der Waals surface area contributed by atoms with Crippen molar-refractivity contribution < 1.29 is 4.42 Å². The van der Waals surface area contributed by atoms with E-state index in [1.165, 1.54) is 55.4 Å². The lowest BCUT2D eigenvalue weighted by Gasteiger charge is -2.43. The van der Waals surface area contributed by atoms with Crippen LogP contribution in [0.4, 0.5) is 11.4 Å². The lowest BCUT2D eigenvalue weighted by molar-refractivity contribution is 0.549. The Morgan fingerprint density at radius 2 is 1.24 bits per heavy atom. The maximum atomic E-state index is 6.53. The number of nitrogens with zero attached hydrogens (tertiary/aromatic N) is 1. The predicted molar refractivity (Wildman–Crippen MR) is 230 cm³/mol. The second-order valence-corrected chi connectivity index (χ2v) is 18.4. The number of rotatable bonds is 4. The molecule has 6 aromatic carbocycles. The molecule has 54 heavy (non-hydrogen) atoms. The highest BCUT2D eigenvalue weighted by Gasteiger charge is 2.46. The molecule has 0 fully saturated rings. The van der Waals surface area contributed by atoms with Crippen molar-refractivity contribution in [2.75, 3.05) is 4.90 Å². The number of hydrogen-bond donors (Lipinski definition) is 0. The maximum Gasteiger partial charge on any atom is 0.137 e. The average Bonchev–Trinajstić information content (AvgIpc) is 3.64. The van der Waals surface area contributed by atoms with E-state index in [0.717, 1.165) is 39.7 Å². The first-order valence-corrected chi connectivity index (χ1v) is 19.6. The number of furan rings is 1.